The van der Waals surface area contributed by atoms with Crippen molar-refractivity contribution in [1.29, 1.82) is 0 Å². The molecule has 3 nitrogen and oxygen atoms in total. The molecule has 0 spiro atoms. The molecule has 6 heteroatoms. The van der Waals surface area contributed by atoms with Crippen LogP contribution < -0.4 is 5.32 Å². The van der Waals surface area contributed by atoms with Gasteiger partial charge in [-0.2, -0.15) is 0 Å². The zero-order valence-electron chi connectivity index (χ0n) is 8.64. The number of nitrogens with one attached hydrogen (secondary N) is 1. The van der Waals surface area contributed by atoms with E-state index in [4.69, 9.17) is 4.74 Å². The van der Waals surface area contributed by atoms with Crippen LogP contribution in [0.5, 0.6) is 0 Å². The molecule has 1 fully saturated rings. The lowest BCUT2D eigenvalue weighted by Crippen LogP contribution is -2.41. The van der Waals surface area contributed by atoms with Crippen molar-refractivity contribution in [2.75, 3.05) is 26.3 Å². The molecule has 0 aromatic carbocycles. The van der Waals surface area contributed by atoms with Crippen molar-refractivity contribution in [1.82, 2.24) is 5.32 Å². The van der Waals surface area contributed by atoms with Crippen LogP contribution in [0.4, 0.5) is 13.2 Å². The Morgan fingerprint density at radius 1 is 1.33 bits per heavy atom. The maximum absolute atomic E-state index is 11.6. The highest BCUT2D eigenvalue weighted by Gasteiger charge is 2.29. The van der Waals surface area contributed by atoms with E-state index in [1.165, 1.54) is 0 Å². The summed E-state index contributed by atoms with van der Waals surface area (Å²) in [4.78, 5) is 0. The Kier molecular flexibility index (Phi) is 4.82. The predicted molar refractivity (Wildman–Crippen MR) is 48.4 cm³/mol. The molecule has 1 N–H and O–H groups in total. The summed E-state index contributed by atoms with van der Waals surface area (Å²) in [7, 11) is 0. The minimum atomic E-state index is -4.56. The van der Waals surface area contributed by atoms with Gasteiger partial charge in [0.05, 0.1) is 19.3 Å². The average molecular weight is 227 g/mol. The summed E-state index contributed by atoms with van der Waals surface area (Å²) in [5, 5.41) is 3.13. The van der Waals surface area contributed by atoms with Gasteiger partial charge in [0, 0.05) is 6.54 Å². The van der Waals surface area contributed by atoms with Crippen LogP contribution in [-0.2, 0) is 9.47 Å². The smallest absolute Gasteiger partial charge is 0.374 e. The van der Waals surface area contributed by atoms with E-state index in [9.17, 15) is 13.2 Å². The lowest BCUT2D eigenvalue weighted by atomic mass is 9.97. The summed E-state index contributed by atoms with van der Waals surface area (Å²) in [5.74, 6) is 0.386. The van der Waals surface area contributed by atoms with Gasteiger partial charge < -0.3 is 10.1 Å². The molecular formula is C9H16F3NO2. The summed E-state index contributed by atoms with van der Waals surface area (Å²) in [6.45, 7) is 3.23. The Labute approximate surface area is 86.9 Å². The van der Waals surface area contributed by atoms with Crippen LogP contribution in [0.1, 0.15) is 13.3 Å². The summed E-state index contributed by atoms with van der Waals surface area (Å²) in [5.41, 5.74) is 0. The number of hydrogen-bond donors (Lipinski definition) is 1. The minimum Gasteiger partial charge on any atom is -0.374 e. The zero-order chi connectivity index (χ0) is 11.3. The van der Waals surface area contributed by atoms with Crippen LogP contribution in [0.15, 0.2) is 0 Å². The van der Waals surface area contributed by atoms with Gasteiger partial charge in [-0.1, -0.05) is 6.92 Å². The molecule has 1 saturated heterocycles. The van der Waals surface area contributed by atoms with Crippen LogP contribution >= 0.6 is 0 Å². The van der Waals surface area contributed by atoms with Gasteiger partial charge in [-0.25, -0.2) is 0 Å². The van der Waals surface area contributed by atoms with Crippen molar-refractivity contribution in [3.63, 3.8) is 0 Å². The van der Waals surface area contributed by atoms with E-state index in [-0.39, 0.29) is 12.7 Å². The normalized spacial score (nSPS) is 28.0. The monoisotopic (exact) mass is 227 g/mol. The van der Waals surface area contributed by atoms with Crippen molar-refractivity contribution in [3.8, 4) is 0 Å². The third-order valence-electron chi connectivity index (χ3n) is 2.44. The van der Waals surface area contributed by atoms with Crippen molar-refractivity contribution < 1.29 is 22.6 Å². The molecule has 0 aromatic heterocycles. The van der Waals surface area contributed by atoms with E-state index in [0.29, 0.717) is 12.5 Å². The van der Waals surface area contributed by atoms with Crippen molar-refractivity contribution in [2.45, 2.75) is 25.8 Å². The first-order valence-electron chi connectivity index (χ1n) is 5.02. The molecule has 1 rings (SSSR count). The first-order chi connectivity index (χ1) is 6.99. The molecule has 0 radical (unpaired) electrons. The Morgan fingerprint density at radius 3 is 2.67 bits per heavy atom. The lowest BCUT2D eigenvalue weighted by molar-refractivity contribution is -0.327. The Balaban J connectivity index is 2.08. The fourth-order valence-corrected chi connectivity index (χ4v) is 1.54. The third-order valence-corrected chi connectivity index (χ3v) is 2.44. The molecule has 0 amide bonds. The van der Waals surface area contributed by atoms with Gasteiger partial charge in [-0.3, -0.25) is 4.74 Å². The van der Waals surface area contributed by atoms with E-state index in [1.807, 2.05) is 6.92 Å². The Morgan fingerprint density at radius 2 is 2.07 bits per heavy atom. The summed E-state index contributed by atoms with van der Waals surface area (Å²) in [6, 6.07) is 0. The van der Waals surface area contributed by atoms with Crippen LogP contribution in [-0.4, -0.2) is 38.8 Å². The third kappa shape index (κ3) is 5.34. The molecular weight excluding hydrogens is 211 g/mol. The number of hydrogen-bond acceptors (Lipinski definition) is 3. The number of alkyl halides is 3. The molecule has 0 aliphatic carbocycles. The quantitative estimate of drug-likeness (QED) is 0.739. The highest BCUT2D eigenvalue weighted by molar-refractivity contribution is 4.75. The standard InChI is InChI=1S/C9H16F3NO2/c1-7-2-3-13-6-8(7)14-4-5-15-9(10,11)12/h7-8,13H,2-6H2,1H3. The average Bonchev–Trinajstić information content (AvgIpc) is 2.13. The number of piperidine rings is 1. The molecule has 1 aliphatic heterocycles. The molecule has 0 aromatic rings. The van der Waals surface area contributed by atoms with E-state index in [2.05, 4.69) is 10.1 Å². The number of rotatable bonds is 4. The fraction of sp³-hybridized carbons (Fsp3) is 1.00. The second-order valence-electron chi connectivity index (χ2n) is 3.67. The second kappa shape index (κ2) is 5.67. The summed E-state index contributed by atoms with van der Waals surface area (Å²) >= 11 is 0. The molecule has 1 aliphatic rings. The molecule has 90 valence electrons. The second-order valence-corrected chi connectivity index (χ2v) is 3.67. The highest BCUT2D eigenvalue weighted by atomic mass is 19.4. The van der Waals surface area contributed by atoms with Gasteiger partial charge >= 0.3 is 6.36 Å². The van der Waals surface area contributed by atoms with Gasteiger partial charge in [0.1, 0.15) is 0 Å². The van der Waals surface area contributed by atoms with E-state index in [1.54, 1.807) is 0 Å². The van der Waals surface area contributed by atoms with Gasteiger partial charge in [0.25, 0.3) is 0 Å². The maximum atomic E-state index is 11.6. The number of ether oxygens (including phenoxy) is 2. The molecule has 0 saturated carbocycles. The maximum Gasteiger partial charge on any atom is 0.522 e. The molecule has 1 heterocycles. The summed E-state index contributed by atoms with van der Waals surface area (Å²) < 4.78 is 43.7. The van der Waals surface area contributed by atoms with Crippen molar-refractivity contribution >= 4 is 0 Å². The summed E-state index contributed by atoms with van der Waals surface area (Å²) in [6.07, 6.45) is -3.57. The molecule has 2 unspecified atom stereocenters. The molecule has 15 heavy (non-hydrogen) atoms. The molecule has 2 atom stereocenters. The predicted octanol–water partition coefficient (Wildman–Crippen LogP) is 1.54. The van der Waals surface area contributed by atoms with Crippen molar-refractivity contribution in [2.24, 2.45) is 5.92 Å². The first kappa shape index (κ1) is 12.7. The zero-order valence-corrected chi connectivity index (χ0v) is 8.64. The van der Waals surface area contributed by atoms with Gasteiger partial charge in [-0.15, -0.1) is 13.2 Å². The first-order valence-corrected chi connectivity index (χ1v) is 5.02. The van der Waals surface area contributed by atoms with Gasteiger partial charge in [0.2, 0.25) is 0 Å². The SMILES string of the molecule is CC1CCNCC1OCCOC(F)(F)F. The van der Waals surface area contributed by atoms with E-state index >= 15 is 0 Å². The minimum absolute atomic E-state index is 0.00409. The van der Waals surface area contributed by atoms with Crippen molar-refractivity contribution in [3.05, 3.63) is 0 Å². The topological polar surface area (TPSA) is 30.5 Å². The number of halogens is 3. The van der Waals surface area contributed by atoms with Gasteiger partial charge in [-0.05, 0) is 18.9 Å². The lowest BCUT2D eigenvalue weighted by Gasteiger charge is -2.29. The van der Waals surface area contributed by atoms with Crippen LogP contribution in [0.2, 0.25) is 0 Å². The largest absolute Gasteiger partial charge is 0.522 e. The van der Waals surface area contributed by atoms with E-state index in [0.717, 1.165) is 13.0 Å². The Hall–Kier alpha value is -0.330. The van der Waals surface area contributed by atoms with Crippen LogP contribution in [0.3, 0.4) is 0 Å². The van der Waals surface area contributed by atoms with Crippen LogP contribution in [0.25, 0.3) is 0 Å². The Bertz CT molecular complexity index is 187. The fourth-order valence-electron chi connectivity index (χ4n) is 1.54. The van der Waals surface area contributed by atoms with E-state index < -0.39 is 13.0 Å². The molecule has 0 bridgehead atoms. The highest BCUT2D eigenvalue weighted by Crippen LogP contribution is 2.17. The van der Waals surface area contributed by atoms with Gasteiger partial charge in [0.15, 0.2) is 0 Å². The van der Waals surface area contributed by atoms with Crippen LogP contribution in [0, 0.1) is 5.92 Å².